The number of hydrogen-bond acceptors (Lipinski definition) is 5. The van der Waals surface area contributed by atoms with E-state index in [0.29, 0.717) is 17.9 Å². The molecule has 0 unspecified atom stereocenters. The van der Waals surface area contributed by atoms with Gasteiger partial charge in [0.05, 0.1) is 24.2 Å². The van der Waals surface area contributed by atoms with Crippen LogP contribution in [0.1, 0.15) is 37.3 Å². The molecule has 1 N–H and O–H groups in total. The van der Waals surface area contributed by atoms with Crippen molar-refractivity contribution in [3.63, 3.8) is 0 Å². The predicted octanol–water partition coefficient (Wildman–Crippen LogP) is 3.34. The lowest BCUT2D eigenvalue weighted by Crippen LogP contribution is -2.42. The van der Waals surface area contributed by atoms with Crippen LogP contribution in [0, 0.1) is 12.8 Å². The number of aryl methyl sites for hydroxylation is 1. The van der Waals surface area contributed by atoms with Crippen molar-refractivity contribution in [2.75, 3.05) is 30.9 Å². The zero-order chi connectivity index (χ0) is 24.6. The Morgan fingerprint density at radius 1 is 1.18 bits per heavy atom. The summed E-state index contributed by atoms with van der Waals surface area (Å²) in [7, 11) is -1.01. The molecule has 9 heteroatoms. The van der Waals surface area contributed by atoms with Gasteiger partial charge in [0.1, 0.15) is 5.75 Å². The number of anilines is 2. The van der Waals surface area contributed by atoms with E-state index in [1.54, 1.807) is 24.3 Å². The molecular formula is C25H31N3O5S. The van der Waals surface area contributed by atoms with Gasteiger partial charge in [-0.25, -0.2) is 8.42 Å². The molecule has 1 saturated carbocycles. The monoisotopic (exact) mass is 485 g/mol. The van der Waals surface area contributed by atoms with E-state index in [9.17, 15) is 18.0 Å². The number of nitrogens with one attached hydrogen (secondary N) is 1. The first kappa shape index (κ1) is 24.2. The van der Waals surface area contributed by atoms with Crippen LogP contribution in [-0.2, 0) is 26.0 Å². The largest absolute Gasteiger partial charge is 0.495 e. The number of fused-ring (bicyclic) bond motifs is 1. The molecule has 0 saturated heterocycles. The van der Waals surface area contributed by atoms with Crippen LogP contribution in [0.25, 0.3) is 0 Å². The van der Waals surface area contributed by atoms with E-state index in [0.717, 1.165) is 40.4 Å². The third-order valence-electron chi connectivity index (χ3n) is 6.66. The number of methoxy groups -OCH3 is 1. The molecule has 1 atom stereocenters. The second-order valence-electron chi connectivity index (χ2n) is 9.19. The van der Waals surface area contributed by atoms with Crippen LogP contribution in [0.4, 0.5) is 11.4 Å². The Kier molecular flexibility index (Phi) is 6.69. The van der Waals surface area contributed by atoms with Gasteiger partial charge in [0.25, 0.3) is 0 Å². The van der Waals surface area contributed by atoms with Crippen LogP contribution >= 0.6 is 0 Å². The van der Waals surface area contributed by atoms with E-state index in [2.05, 4.69) is 5.32 Å². The van der Waals surface area contributed by atoms with Gasteiger partial charge in [0, 0.05) is 24.7 Å². The number of rotatable bonds is 7. The van der Waals surface area contributed by atoms with Crippen molar-refractivity contribution in [1.82, 2.24) is 4.31 Å². The van der Waals surface area contributed by atoms with Crippen LogP contribution in [0.3, 0.4) is 0 Å². The highest BCUT2D eigenvalue weighted by Crippen LogP contribution is 2.38. The quantitative estimate of drug-likeness (QED) is 0.649. The first-order valence-electron chi connectivity index (χ1n) is 11.5. The maximum Gasteiger partial charge on any atom is 0.243 e. The fourth-order valence-electron chi connectivity index (χ4n) is 4.53. The number of likely N-dealkylation sites (N-methyl/N-ethyl adjacent to an activating group) is 1. The van der Waals surface area contributed by atoms with Crippen molar-refractivity contribution in [1.29, 1.82) is 0 Å². The van der Waals surface area contributed by atoms with Gasteiger partial charge in [-0.1, -0.05) is 12.5 Å². The second kappa shape index (κ2) is 9.38. The number of carbonyl (C=O) groups is 2. The zero-order valence-corrected chi connectivity index (χ0v) is 20.8. The lowest BCUT2D eigenvalue weighted by molar-refractivity contribution is -0.125. The molecule has 1 aliphatic carbocycles. The van der Waals surface area contributed by atoms with E-state index in [1.807, 2.05) is 24.8 Å². The minimum absolute atomic E-state index is 0.00568. The van der Waals surface area contributed by atoms with E-state index >= 15 is 0 Å². The lowest BCUT2D eigenvalue weighted by Gasteiger charge is -2.32. The van der Waals surface area contributed by atoms with Gasteiger partial charge >= 0.3 is 0 Å². The smallest absolute Gasteiger partial charge is 0.243 e. The van der Waals surface area contributed by atoms with Gasteiger partial charge in [0.15, 0.2) is 0 Å². The van der Waals surface area contributed by atoms with E-state index < -0.39 is 15.9 Å². The Labute approximate surface area is 200 Å². The Balaban J connectivity index is 1.49. The highest BCUT2D eigenvalue weighted by molar-refractivity contribution is 7.89. The number of ether oxygens (including phenoxy) is 1. The van der Waals surface area contributed by atoms with Gasteiger partial charge in [0.2, 0.25) is 21.8 Å². The molecule has 2 amide bonds. The molecule has 2 aromatic rings. The van der Waals surface area contributed by atoms with Crippen molar-refractivity contribution in [3.8, 4) is 5.75 Å². The lowest BCUT2D eigenvalue weighted by atomic mass is 9.84. The maximum atomic E-state index is 13.2. The van der Waals surface area contributed by atoms with Crippen molar-refractivity contribution in [2.24, 2.45) is 5.92 Å². The molecule has 2 aliphatic rings. The van der Waals surface area contributed by atoms with Gasteiger partial charge in [-0.3, -0.25) is 9.59 Å². The Morgan fingerprint density at radius 2 is 1.91 bits per heavy atom. The number of sulfonamides is 1. The Bertz CT molecular complexity index is 1220. The summed E-state index contributed by atoms with van der Waals surface area (Å²) in [6.45, 7) is 3.53. The summed E-state index contributed by atoms with van der Waals surface area (Å²) in [6.07, 6.45) is 3.53. The number of hydrogen-bond donors (Lipinski definition) is 1. The van der Waals surface area contributed by atoms with Gasteiger partial charge in [-0.15, -0.1) is 0 Å². The molecule has 0 radical (unpaired) electrons. The zero-order valence-electron chi connectivity index (χ0n) is 20.0. The molecule has 182 valence electrons. The summed E-state index contributed by atoms with van der Waals surface area (Å²) in [5, 5.41) is 2.73. The average molecular weight is 486 g/mol. The first-order chi connectivity index (χ1) is 16.1. The summed E-state index contributed by atoms with van der Waals surface area (Å²) in [4.78, 5) is 27.4. The Morgan fingerprint density at radius 3 is 2.56 bits per heavy atom. The maximum absolute atomic E-state index is 13.2. The SMILES string of the molecule is COc1ccc(C)cc1NC(=O)CN(C)S(=O)(=O)c1ccc2c(c1)C[C@H](C)N2C(=O)C1CCC1. The van der Waals surface area contributed by atoms with Crippen LogP contribution in [-0.4, -0.2) is 51.3 Å². The number of benzene rings is 2. The van der Waals surface area contributed by atoms with E-state index in [4.69, 9.17) is 4.74 Å². The van der Waals surface area contributed by atoms with Gasteiger partial charge in [-0.05, 0) is 74.6 Å². The minimum Gasteiger partial charge on any atom is -0.495 e. The predicted molar refractivity (Wildman–Crippen MR) is 131 cm³/mol. The molecule has 1 aliphatic heterocycles. The molecule has 2 aromatic carbocycles. The molecule has 0 bridgehead atoms. The summed E-state index contributed by atoms with van der Waals surface area (Å²) < 4.78 is 32.7. The summed E-state index contributed by atoms with van der Waals surface area (Å²) in [5.74, 6) is 0.238. The number of amides is 2. The first-order valence-corrected chi connectivity index (χ1v) is 12.9. The van der Waals surface area contributed by atoms with Gasteiger partial charge in [-0.2, -0.15) is 4.31 Å². The molecule has 8 nitrogen and oxygen atoms in total. The van der Waals surface area contributed by atoms with Crippen LogP contribution < -0.4 is 15.0 Å². The number of carbonyl (C=O) groups excluding carboxylic acids is 2. The molecular weight excluding hydrogens is 454 g/mol. The molecule has 0 aromatic heterocycles. The summed E-state index contributed by atoms with van der Waals surface area (Å²) in [5.41, 5.74) is 3.05. The second-order valence-corrected chi connectivity index (χ2v) is 11.2. The van der Waals surface area contributed by atoms with Crippen LogP contribution in [0.5, 0.6) is 5.75 Å². The molecule has 4 rings (SSSR count). The van der Waals surface area contributed by atoms with E-state index in [-0.39, 0.29) is 29.3 Å². The normalized spacial score (nSPS) is 17.9. The van der Waals surface area contributed by atoms with Crippen LogP contribution in [0.15, 0.2) is 41.3 Å². The van der Waals surface area contributed by atoms with Crippen molar-refractivity contribution >= 4 is 33.2 Å². The fraction of sp³-hybridized carbons (Fsp3) is 0.440. The molecule has 1 fully saturated rings. The fourth-order valence-corrected chi connectivity index (χ4v) is 5.71. The molecule has 34 heavy (non-hydrogen) atoms. The standard InChI is InChI=1S/C25H31N3O5S/c1-16-8-11-23(33-4)21(12-16)26-24(29)15-27(3)34(31,32)20-9-10-22-19(14-20)13-17(2)28(22)25(30)18-6-5-7-18/h8-12,14,17-18H,5-7,13,15H2,1-4H3,(H,26,29)/t17-/m0/s1. The van der Waals surface area contributed by atoms with Crippen LogP contribution in [0.2, 0.25) is 0 Å². The number of nitrogens with zero attached hydrogens (tertiary/aromatic N) is 2. The molecule has 1 heterocycles. The average Bonchev–Trinajstić information content (AvgIpc) is 3.07. The van der Waals surface area contributed by atoms with E-state index in [1.165, 1.54) is 20.2 Å². The Hall–Kier alpha value is -2.91. The molecule has 0 spiro atoms. The third-order valence-corrected chi connectivity index (χ3v) is 8.46. The highest BCUT2D eigenvalue weighted by atomic mass is 32.2. The topological polar surface area (TPSA) is 96.0 Å². The van der Waals surface area contributed by atoms with Crippen molar-refractivity contribution in [3.05, 3.63) is 47.5 Å². The third kappa shape index (κ3) is 4.54. The summed E-state index contributed by atoms with van der Waals surface area (Å²) in [6, 6.07) is 10.2. The summed E-state index contributed by atoms with van der Waals surface area (Å²) >= 11 is 0. The minimum atomic E-state index is -3.90. The van der Waals surface area contributed by atoms with Crippen molar-refractivity contribution < 1.29 is 22.7 Å². The van der Waals surface area contributed by atoms with Crippen molar-refractivity contribution in [2.45, 2.75) is 50.5 Å². The van der Waals surface area contributed by atoms with Gasteiger partial charge < -0.3 is 15.0 Å². The highest BCUT2D eigenvalue weighted by Gasteiger charge is 2.37.